The van der Waals surface area contributed by atoms with Gasteiger partial charge in [0, 0.05) is 29.6 Å². The Labute approximate surface area is 132 Å². The van der Waals surface area contributed by atoms with Gasteiger partial charge in [-0.25, -0.2) is 0 Å². The van der Waals surface area contributed by atoms with E-state index in [1.807, 2.05) is 19.1 Å². The Morgan fingerprint density at radius 2 is 2.18 bits per heavy atom. The number of fused-ring (bicyclic) bond motifs is 3. The molecule has 0 aliphatic heterocycles. The maximum atomic E-state index is 12.6. The molecular weight excluding hydrogens is 300 g/mol. The fourth-order valence-corrected chi connectivity index (χ4v) is 2.99. The number of hydrogen-bond acceptors (Lipinski definition) is 3. The van der Waals surface area contributed by atoms with E-state index in [9.17, 15) is 4.79 Å². The molecule has 0 aliphatic carbocycles. The SMILES string of the molecule is Cc1[nH]nc2c1c(=O)n(C)c1c(CC#CCN)cc(Cl)cc21. The van der Waals surface area contributed by atoms with Crippen molar-refractivity contribution in [2.75, 3.05) is 6.54 Å². The third-order valence-electron chi connectivity index (χ3n) is 3.72. The number of pyridine rings is 1. The average molecular weight is 315 g/mol. The lowest BCUT2D eigenvalue weighted by molar-refractivity contribution is 0.911. The number of hydrogen-bond donors (Lipinski definition) is 2. The Morgan fingerprint density at radius 3 is 2.91 bits per heavy atom. The normalized spacial score (nSPS) is 10.9. The summed E-state index contributed by atoms with van der Waals surface area (Å²) in [5, 5.41) is 9.19. The van der Waals surface area contributed by atoms with Crippen molar-refractivity contribution in [3.05, 3.63) is 38.8 Å². The lowest BCUT2D eigenvalue weighted by atomic mass is 10.0. The van der Waals surface area contributed by atoms with E-state index in [1.54, 1.807) is 11.6 Å². The minimum absolute atomic E-state index is 0.0795. The number of nitrogens with zero attached hydrogens (tertiary/aromatic N) is 2. The van der Waals surface area contributed by atoms with Gasteiger partial charge in [0.15, 0.2) is 0 Å². The Kier molecular flexibility index (Phi) is 3.65. The molecule has 3 N–H and O–H groups in total. The summed E-state index contributed by atoms with van der Waals surface area (Å²) in [4.78, 5) is 12.6. The first-order valence-electron chi connectivity index (χ1n) is 6.86. The van der Waals surface area contributed by atoms with Crippen molar-refractivity contribution in [2.24, 2.45) is 12.8 Å². The van der Waals surface area contributed by atoms with Gasteiger partial charge in [0.25, 0.3) is 5.56 Å². The molecule has 0 unspecified atom stereocenters. The largest absolute Gasteiger partial charge is 0.320 e. The predicted molar refractivity (Wildman–Crippen MR) is 89.1 cm³/mol. The molecule has 0 radical (unpaired) electrons. The molecule has 3 aromatic rings. The van der Waals surface area contributed by atoms with E-state index in [0.717, 1.165) is 22.2 Å². The zero-order valence-electron chi connectivity index (χ0n) is 12.3. The summed E-state index contributed by atoms with van der Waals surface area (Å²) in [5.74, 6) is 5.83. The first kappa shape index (κ1) is 14.6. The minimum atomic E-state index is -0.0795. The van der Waals surface area contributed by atoms with E-state index in [2.05, 4.69) is 22.0 Å². The third-order valence-corrected chi connectivity index (χ3v) is 3.93. The first-order valence-corrected chi connectivity index (χ1v) is 7.24. The molecule has 1 aromatic carbocycles. The van der Waals surface area contributed by atoms with Gasteiger partial charge in [0.05, 0.1) is 17.4 Å². The second kappa shape index (κ2) is 5.48. The van der Waals surface area contributed by atoms with Gasteiger partial charge in [-0.05, 0) is 24.6 Å². The quantitative estimate of drug-likeness (QED) is 0.673. The summed E-state index contributed by atoms with van der Waals surface area (Å²) in [5.41, 5.74) is 8.41. The molecule has 2 heterocycles. The summed E-state index contributed by atoms with van der Waals surface area (Å²) in [6, 6.07) is 3.67. The molecule has 0 atom stereocenters. The number of benzene rings is 1. The standard InChI is InChI=1S/C16H15ClN4O/c1-9-13-14(20-19-9)12-8-11(17)7-10(5-3-4-6-18)15(12)21(2)16(13)22/h7-8H,5-6,18H2,1-2H3,(H,19,20). The van der Waals surface area contributed by atoms with Gasteiger partial charge in [-0.2, -0.15) is 5.10 Å². The van der Waals surface area contributed by atoms with Crippen molar-refractivity contribution < 1.29 is 0 Å². The van der Waals surface area contributed by atoms with Crippen LogP contribution in [0.1, 0.15) is 11.3 Å². The number of nitrogens with one attached hydrogen (secondary N) is 1. The van der Waals surface area contributed by atoms with E-state index in [-0.39, 0.29) is 5.56 Å². The number of H-pyrrole nitrogens is 1. The fraction of sp³-hybridized carbons (Fsp3) is 0.250. The first-order chi connectivity index (χ1) is 10.5. The molecular formula is C16H15ClN4O. The highest BCUT2D eigenvalue weighted by Gasteiger charge is 2.16. The third kappa shape index (κ3) is 2.17. The zero-order valence-corrected chi connectivity index (χ0v) is 13.1. The van der Waals surface area contributed by atoms with Crippen molar-refractivity contribution in [1.82, 2.24) is 14.8 Å². The number of rotatable bonds is 1. The van der Waals surface area contributed by atoms with Crippen LogP contribution in [0.15, 0.2) is 16.9 Å². The molecule has 0 bridgehead atoms. The molecule has 112 valence electrons. The maximum absolute atomic E-state index is 12.6. The lowest BCUT2D eigenvalue weighted by Crippen LogP contribution is -2.18. The number of aromatic nitrogens is 3. The minimum Gasteiger partial charge on any atom is -0.320 e. The van der Waals surface area contributed by atoms with Crippen molar-refractivity contribution in [2.45, 2.75) is 13.3 Å². The molecule has 0 spiro atoms. The number of halogens is 1. The zero-order chi connectivity index (χ0) is 15.9. The second-order valence-electron chi connectivity index (χ2n) is 5.13. The topological polar surface area (TPSA) is 76.7 Å². The highest BCUT2D eigenvalue weighted by molar-refractivity contribution is 6.32. The van der Waals surface area contributed by atoms with Crippen molar-refractivity contribution in [3.63, 3.8) is 0 Å². The summed E-state index contributed by atoms with van der Waals surface area (Å²) in [6.45, 7) is 2.14. The van der Waals surface area contributed by atoms with Crippen LogP contribution >= 0.6 is 11.6 Å². The molecule has 22 heavy (non-hydrogen) atoms. The second-order valence-corrected chi connectivity index (χ2v) is 5.57. The summed E-state index contributed by atoms with van der Waals surface area (Å²) < 4.78 is 1.63. The van der Waals surface area contributed by atoms with Gasteiger partial charge < -0.3 is 10.3 Å². The fourth-order valence-electron chi connectivity index (χ4n) is 2.75. The number of nitrogens with two attached hydrogens (primary N) is 1. The van der Waals surface area contributed by atoms with Crippen molar-refractivity contribution in [3.8, 4) is 11.8 Å². The van der Waals surface area contributed by atoms with Crippen molar-refractivity contribution >= 4 is 33.4 Å². The Hall–Kier alpha value is -2.29. The van der Waals surface area contributed by atoms with Gasteiger partial charge in [0.1, 0.15) is 5.52 Å². The van der Waals surface area contributed by atoms with Crippen LogP contribution in [0.3, 0.4) is 0 Å². The highest BCUT2D eigenvalue weighted by atomic mass is 35.5. The van der Waals surface area contributed by atoms with Crippen LogP contribution in [-0.2, 0) is 13.5 Å². The predicted octanol–water partition coefficient (Wildman–Crippen LogP) is 1.88. The van der Waals surface area contributed by atoms with Crippen LogP contribution in [0, 0.1) is 18.8 Å². The maximum Gasteiger partial charge on any atom is 0.262 e. The average Bonchev–Trinajstić information content (AvgIpc) is 2.87. The van der Waals surface area contributed by atoms with Crippen LogP contribution in [0.2, 0.25) is 5.02 Å². The van der Waals surface area contributed by atoms with Crippen LogP contribution in [0.4, 0.5) is 0 Å². The van der Waals surface area contributed by atoms with Gasteiger partial charge in [-0.3, -0.25) is 9.89 Å². The van der Waals surface area contributed by atoms with Crippen LogP contribution in [0.25, 0.3) is 21.8 Å². The summed E-state index contributed by atoms with van der Waals surface area (Å²) in [7, 11) is 1.75. The van der Waals surface area contributed by atoms with E-state index in [1.165, 1.54) is 0 Å². The van der Waals surface area contributed by atoms with Gasteiger partial charge >= 0.3 is 0 Å². The monoisotopic (exact) mass is 314 g/mol. The molecule has 2 aromatic heterocycles. The Balaban J connectivity index is 2.46. The van der Waals surface area contributed by atoms with Crippen molar-refractivity contribution in [1.29, 1.82) is 0 Å². The lowest BCUT2D eigenvalue weighted by Gasteiger charge is -2.11. The van der Waals surface area contributed by atoms with Crippen LogP contribution < -0.4 is 11.3 Å². The number of aromatic amines is 1. The molecule has 0 fully saturated rings. The molecule has 6 heteroatoms. The molecule has 5 nitrogen and oxygen atoms in total. The molecule has 0 saturated heterocycles. The Morgan fingerprint density at radius 1 is 1.41 bits per heavy atom. The highest BCUT2D eigenvalue weighted by Crippen LogP contribution is 2.28. The van der Waals surface area contributed by atoms with Crippen LogP contribution in [-0.4, -0.2) is 21.3 Å². The molecule has 3 rings (SSSR count). The smallest absolute Gasteiger partial charge is 0.262 e. The molecule has 0 saturated carbocycles. The van der Waals surface area contributed by atoms with E-state index in [0.29, 0.717) is 28.9 Å². The molecule has 0 amide bonds. The van der Waals surface area contributed by atoms with E-state index < -0.39 is 0 Å². The summed E-state index contributed by atoms with van der Waals surface area (Å²) in [6.07, 6.45) is 0.483. The Bertz CT molecular complexity index is 1000. The van der Waals surface area contributed by atoms with Gasteiger partial charge in [-0.1, -0.05) is 23.4 Å². The van der Waals surface area contributed by atoms with Crippen LogP contribution in [0.5, 0.6) is 0 Å². The van der Waals surface area contributed by atoms with E-state index >= 15 is 0 Å². The molecule has 0 aliphatic rings. The van der Waals surface area contributed by atoms with E-state index in [4.69, 9.17) is 17.3 Å². The number of aryl methyl sites for hydroxylation is 2. The van der Waals surface area contributed by atoms with Gasteiger partial charge in [0.2, 0.25) is 0 Å². The van der Waals surface area contributed by atoms with Gasteiger partial charge in [-0.15, -0.1) is 0 Å². The summed E-state index contributed by atoms with van der Waals surface area (Å²) >= 11 is 6.24.